The first-order valence-electron chi connectivity index (χ1n) is 14.7. The first kappa shape index (κ1) is 30.2. The number of anilines is 1. The average molecular weight is 564 g/mol. The number of carbonyl (C=O) groups is 2. The molecule has 0 aromatic heterocycles. The number of amides is 2. The van der Waals surface area contributed by atoms with Crippen LogP contribution in [0.25, 0.3) is 0 Å². The van der Waals surface area contributed by atoms with Crippen molar-refractivity contribution >= 4 is 23.3 Å². The van der Waals surface area contributed by atoms with Gasteiger partial charge in [0.2, 0.25) is 5.91 Å². The summed E-state index contributed by atoms with van der Waals surface area (Å²) in [6, 6.07) is 5.63. The van der Waals surface area contributed by atoms with Gasteiger partial charge in [-0.1, -0.05) is 31.9 Å². The van der Waals surface area contributed by atoms with E-state index in [0.29, 0.717) is 47.3 Å². The van der Waals surface area contributed by atoms with Crippen LogP contribution in [0.1, 0.15) is 61.7 Å². The molecule has 41 heavy (non-hydrogen) atoms. The van der Waals surface area contributed by atoms with Crippen LogP contribution in [0.2, 0.25) is 0 Å². The Hall–Kier alpha value is -3.79. The lowest BCUT2D eigenvalue weighted by Crippen LogP contribution is -2.45. The van der Waals surface area contributed by atoms with Crippen molar-refractivity contribution in [3.63, 3.8) is 0 Å². The number of nitrogens with zero attached hydrogens (tertiary/aromatic N) is 3. The molecule has 0 radical (unpaired) electrons. The average Bonchev–Trinajstić information content (AvgIpc) is 3.08. The SMILES string of the molecule is C=CCC1CN(C2CCCCC2)C(=N/C(=C)Nc2ccc(C(=O)N[C@H]3CCCNC3)cc2OC)/C(=C\N)N(C)C1=O. The third-order valence-corrected chi connectivity index (χ3v) is 8.20. The molecule has 0 bridgehead atoms. The Bertz CT molecular complexity index is 1180. The maximum Gasteiger partial charge on any atom is 0.251 e. The zero-order valence-electron chi connectivity index (χ0n) is 24.5. The number of allylic oxidation sites excluding steroid dienone is 1. The molecule has 1 aliphatic carbocycles. The van der Waals surface area contributed by atoms with Gasteiger partial charge >= 0.3 is 0 Å². The lowest BCUT2D eigenvalue weighted by Gasteiger charge is -2.37. The van der Waals surface area contributed by atoms with Crippen LogP contribution in [0, 0.1) is 5.92 Å². The quantitative estimate of drug-likeness (QED) is 0.339. The number of carbonyl (C=O) groups excluding carboxylic acids is 2. The molecule has 3 aliphatic rings. The van der Waals surface area contributed by atoms with Gasteiger partial charge in [-0.15, -0.1) is 6.58 Å². The Labute approximate surface area is 243 Å². The summed E-state index contributed by atoms with van der Waals surface area (Å²) < 4.78 is 5.62. The van der Waals surface area contributed by atoms with Gasteiger partial charge in [-0.2, -0.15) is 0 Å². The van der Waals surface area contributed by atoms with Gasteiger partial charge in [0, 0.05) is 44.0 Å². The number of aliphatic imine (C=N–C) groups is 1. The second-order valence-corrected chi connectivity index (χ2v) is 11.1. The number of rotatable bonds is 9. The summed E-state index contributed by atoms with van der Waals surface area (Å²) in [5.74, 6) is 1.10. The van der Waals surface area contributed by atoms with Crippen LogP contribution in [0.15, 0.2) is 60.1 Å². The maximum atomic E-state index is 13.4. The Morgan fingerprint density at radius 2 is 2.02 bits per heavy atom. The highest BCUT2D eigenvalue weighted by molar-refractivity contribution is 6.04. The van der Waals surface area contributed by atoms with Crippen molar-refractivity contribution in [2.75, 3.05) is 39.1 Å². The Morgan fingerprint density at radius 3 is 2.68 bits per heavy atom. The van der Waals surface area contributed by atoms with E-state index in [1.54, 1.807) is 43.3 Å². The highest BCUT2D eigenvalue weighted by Crippen LogP contribution is 2.31. The van der Waals surface area contributed by atoms with Crippen molar-refractivity contribution in [3.8, 4) is 5.75 Å². The van der Waals surface area contributed by atoms with Crippen LogP contribution in [0.3, 0.4) is 0 Å². The van der Waals surface area contributed by atoms with Gasteiger partial charge < -0.3 is 36.2 Å². The fraction of sp³-hybridized carbons (Fsp3) is 0.516. The van der Waals surface area contributed by atoms with Crippen molar-refractivity contribution in [2.24, 2.45) is 16.6 Å². The highest BCUT2D eigenvalue weighted by Gasteiger charge is 2.37. The number of likely N-dealkylation sites (N-methyl/N-ethyl adjacent to an activating group) is 1. The van der Waals surface area contributed by atoms with Gasteiger partial charge in [-0.25, -0.2) is 4.99 Å². The molecule has 2 atom stereocenters. The van der Waals surface area contributed by atoms with Crippen LogP contribution in [-0.2, 0) is 4.79 Å². The molecule has 1 aromatic rings. The first-order valence-corrected chi connectivity index (χ1v) is 14.7. The number of methoxy groups -OCH3 is 1. The van der Waals surface area contributed by atoms with Crippen molar-refractivity contribution < 1.29 is 14.3 Å². The third-order valence-electron chi connectivity index (χ3n) is 8.20. The van der Waals surface area contributed by atoms with E-state index in [2.05, 4.69) is 34.0 Å². The number of piperidine rings is 1. The van der Waals surface area contributed by atoms with Gasteiger partial charge in [0.05, 0.1) is 18.7 Å². The fourth-order valence-corrected chi connectivity index (χ4v) is 5.98. The van der Waals surface area contributed by atoms with E-state index in [4.69, 9.17) is 15.5 Å². The van der Waals surface area contributed by atoms with Crippen LogP contribution < -0.4 is 26.4 Å². The zero-order valence-corrected chi connectivity index (χ0v) is 24.5. The minimum absolute atomic E-state index is 0.00859. The summed E-state index contributed by atoms with van der Waals surface area (Å²) in [7, 11) is 3.30. The molecule has 0 spiro atoms. The molecule has 2 aliphatic heterocycles. The summed E-state index contributed by atoms with van der Waals surface area (Å²) in [4.78, 5) is 35.0. The number of ether oxygens (including phenoxy) is 1. The van der Waals surface area contributed by atoms with E-state index in [0.717, 1.165) is 51.6 Å². The monoisotopic (exact) mass is 563 g/mol. The smallest absolute Gasteiger partial charge is 0.251 e. The summed E-state index contributed by atoms with van der Waals surface area (Å²) in [6.07, 6.45) is 11.4. The fourth-order valence-electron chi connectivity index (χ4n) is 5.98. The van der Waals surface area contributed by atoms with Crippen molar-refractivity contribution in [2.45, 2.75) is 63.5 Å². The minimum Gasteiger partial charge on any atom is -0.495 e. The molecule has 2 amide bonds. The molecule has 3 fully saturated rings. The van der Waals surface area contributed by atoms with E-state index in [1.165, 1.54) is 12.6 Å². The van der Waals surface area contributed by atoms with Crippen LogP contribution >= 0.6 is 0 Å². The molecule has 5 N–H and O–H groups in total. The van der Waals surface area contributed by atoms with Gasteiger partial charge in [0.25, 0.3) is 5.91 Å². The minimum atomic E-state index is -0.244. The molecule has 2 saturated heterocycles. The molecule has 1 saturated carbocycles. The zero-order chi connectivity index (χ0) is 29.4. The standard InChI is InChI=1S/C31H45N7O3/c1-5-10-23-20-38(25-12-7-6-8-13-25)29(27(18-32)37(3)31(23)40)35-21(2)34-26-15-14-22(17-28(26)41-4)30(39)36-24-11-9-16-33-19-24/h5,14-15,17-18,23-25,33-34H,1-2,6-13,16,19-20,32H2,3-4H3,(H,36,39)/b27-18+,35-29+/t23?,24-/m0/s1. The van der Waals surface area contributed by atoms with Crippen LogP contribution in [0.4, 0.5) is 5.69 Å². The molecule has 1 unspecified atom stereocenters. The van der Waals surface area contributed by atoms with E-state index in [1.807, 2.05) is 0 Å². The number of amidine groups is 1. The molecule has 2 heterocycles. The summed E-state index contributed by atoms with van der Waals surface area (Å²) in [6.45, 7) is 10.3. The Kier molecular flexibility index (Phi) is 10.5. The lowest BCUT2D eigenvalue weighted by molar-refractivity contribution is -0.131. The number of benzene rings is 1. The van der Waals surface area contributed by atoms with Gasteiger partial charge in [0.1, 0.15) is 17.3 Å². The molecule has 222 valence electrons. The molecular formula is C31H45N7O3. The number of hydrogen-bond donors (Lipinski definition) is 4. The largest absolute Gasteiger partial charge is 0.495 e. The molecule has 10 nitrogen and oxygen atoms in total. The maximum absolute atomic E-state index is 13.4. The molecule has 10 heteroatoms. The van der Waals surface area contributed by atoms with Gasteiger partial charge in [-0.3, -0.25) is 9.59 Å². The lowest BCUT2D eigenvalue weighted by atomic mass is 9.93. The van der Waals surface area contributed by atoms with Gasteiger partial charge in [-0.05, 0) is 56.8 Å². The van der Waals surface area contributed by atoms with Crippen LogP contribution in [-0.4, -0.2) is 73.3 Å². The molecule has 1 aromatic carbocycles. The predicted octanol–water partition coefficient (Wildman–Crippen LogP) is 3.56. The summed E-state index contributed by atoms with van der Waals surface area (Å²) in [5.41, 5.74) is 7.81. The number of hydrogen-bond acceptors (Lipinski definition) is 7. The van der Waals surface area contributed by atoms with Crippen LogP contribution in [0.5, 0.6) is 5.75 Å². The summed E-state index contributed by atoms with van der Waals surface area (Å²) >= 11 is 0. The third kappa shape index (κ3) is 7.30. The second-order valence-electron chi connectivity index (χ2n) is 11.1. The second kappa shape index (κ2) is 14.2. The summed E-state index contributed by atoms with van der Waals surface area (Å²) in [5, 5.41) is 9.65. The topological polar surface area (TPSA) is 124 Å². The number of nitrogens with one attached hydrogen (secondary N) is 3. The van der Waals surface area contributed by atoms with Crippen molar-refractivity contribution in [1.82, 2.24) is 20.4 Å². The molecule has 4 rings (SSSR count). The van der Waals surface area contributed by atoms with E-state index >= 15 is 0 Å². The van der Waals surface area contributed by atoms with Crippen molar-refractivity contribution in [3.05, 3.63) is 60.7 Å². The van der Waals surface area contributed by atoms with Crippen molar-refractivity contribution in [1.29, 1.82) is 0 Å². The Morgan fingerprint density at radius 1 is 1.24 bits per heavy atom. The number of nitrogens with two attached hydrogens (primary N) is 1. The molecular weight excluding hydrogens is 518 g/mol. The van der Waals surface area contributed by atoms with E-state index in [-0.39, 0.29) is 29.8 Å². The van der Waals surface area contributed by atoms with E-state index in [9.17, 15) is 9.59 Å². The predicted molar refractivity (Wildman–Crippen MR) is 163 cm³/mol. The Balaban J connectivity index is 1.59. The van der Waals surface area contributed by atoms with E-state index < -0.39 is 0 Å². The highest BCUT2D eigenvalue weighted by atomic mass is 16.5. The normalized spacial score (nSPS) is 24.2. The van der Waals surface area contributed by atoms with Gasteiger partial charge in [0.15, 0.2) is 5.84 Å². The first-order chi connectivity index (χ1) is 19.9.